The van der Waals surface area contributed by atoms with Crippen molar-refractivity contribution in [3.05, 3.63) is 32.7 Å². The summed E-state index contributed by atoms with van der Waals surface area (Å²) in [5.74, 6) is 0. The average Bonchev–Trinajstić information content (AvgIpc) is 2.79. The lowest BCUT2D eigenvalue weighted by Crippen LogP contribution is -2.24. The smallest absolute Gasteiger partial charge is 0.117 e. The minimum atomic E-state index is 0.200. The van der Waals surface area contributed by atoms with E-state index < -0.39 is 0 Å². The summed E-state index contributed by atoms with van der Waals surface area (Å²) in [5, 5.41) is 10.0. The van der Waals surface area contributed by atoms with E-state index in [2.05, 4.69) is 20.7 Å². The molecule has 0 aromatic carbocycles. The molecule has 3 rings (SSSR count). The largest absolute Gasteiger partial charge is 0.299 e. The normalized spacial score (nSPS) is 17.6. The van der Waals surface area contributed by atoms with Crippen LogP contribution >= 0.6 is 22.7 Å². The van der Waals surface area contributed by atoms with Crippen LogP contribution in [0.1, 0.15) is 34.6 Å². The Morgan fingerprint density at radius 1 is 1.38 bits per heavy atom. The first-order valence-electron chi connectivity index (χ1n) is 5.40. The molecule has 1 saturated carbocycles. The van der Waals surface area contributed by atoms with E-state index >= 15 is 0 Å². The first-order valence-corrected chi connectivity index (χ1v) is 7.16. The fourth-order valence-corrected chi connectivity index (χ4v) is 3.25. The van der Waals surface area contributed by atoms with Crippen LogP contribution in [-0.4, -0.2) is 16.0 Å². The van der Waals surface area contributed by atoms with Crippen LogP contribution < -0.4 is 5.32 Å². The molecule has 3 nitrogen and oxygen atoms in total. The van der Waals surface area contributed by atoms with Crippen LogP contribution in [0.25, 0.3) is 0 Å². The highest BCUT2D eigenvalue weighted by Crippen LogP contribution is 2.31. The van der Waals surface area contributed by atoms with Crippen LogP contribution in [0.3, 0.4) is 0 Å². The first kappa shape index (κ1) is 10.4. The van der Waals surface area contributed by atoms with Crippen LogP contribution in [0.4, 0.5) is 0 Å². The molecule has 1 N–H and O–H groups in total. The Hall–Kier alpha value is -0.780. The molecule has 2 heterocycles. The lowest BCUT2D eigenvalue weighted by Gasteiger charge is -2.12. The van der Waals surface area contributed by atoms with E-state index in [9.17, 15) is 0 Å². The third-order valence-corrected chi connectivity index (χ3v) is 4.43. The highest BCUT2D eigenvalue weighted by Gasteiger charge is 2.28. The summed E-state index contributed by atoms with van der Waals surface area (Å²) in [6, 6.07) is 0.865. The molecule has 5 heteroatoms. The Kier molecular flexibility index (Phi) is 2.75. The summed E-state index contributed by atoms with van der Waals surface area (Å²) in [4.78, 5) is 8.98. The van der Waals surface area contributed by atoms with Gasteiger partial charge in [0.15, 0.2) is 0 Å². The zero-order valence-electron chi connectivity index (χ0n) is 9.01. The second-order valence-corrected chi connectivity index (χ2v) is 5.89. The van der Waals surface area contributed by atoms with Crippen molar-refractivity contribution in [1.82, 2.24) is 15.3 Å². The molecule has 1 fully saturated rings. The molecule has 1 atom stereocenters. The number of nitrogens with zero attached hydrogens (tertiary/aromatic N) is 2. The van der Waals surface area contributed by atoms with Crippen molar-refractivity contribution >= 4 is 22.7 Å². The van der Waals surface area contributed by atoms with Gasteiger partial charge in [0.25, 0.3) is 0 Å². The number of thiazole rings is 2. The van der Waals surface area contributed by atoms with Gasteiger partial charge in [-0.3, -0.25) is 5.32 Å². The van der Waals surface area contributed by atoms with Gasteiger partial charge in [0.2, 0.25) is 0 Å². The Balaban J connectivity index is 1.88. The molecule has 0 aliphatic heterocycles. The van der Waals surface area contributed by atoms with Gasteiger partial charge in [0.05, 0.1) is 0 Å². The van der Waals surface area contributed by atoms with Crippen LogP contribution in [0.5, 0.6) is 0 Å². The van der Waals surface area contributed by atoms with Gasteiger partial charge in [-0.25, -0.2) is 9.97 Å². The molecule has 1 unspecified atom stereocenters. The molecule has 16 heavy (non-hydrogen) atoms. The van der Waals surface area contributed by atoms with Gasteiger partial charge < -0.3 is 0 Å². The molecule has 0 saturated heterocycles. The summed E-state index contributed by atoms with van der Waals surface area (Å²) < 4.78 is 0. The Labute approximate surface area is 103 Å². The maximum atomic E-state index is 4.57. The third-order valence-electron chi connectivity index (χ3n) is 2.56. The van der Waals surface area contributed by atoms with E-state index in [1.54, 1.807) is 22.7 Å². The third kappa shape index (κ3) is 2.16. The lowest BCUT2D eigenvalue weighted by molar-refractivity contribution is 0.594. The van der Waals surface area contributed by atoms with Crippen LogP contribution in [0.15, 0.2) is 17.0 Å². The summed E-state index contributed by atoms with van der Waals surface area (Å²) in [6.07, 6.45) is 4.43. The van der Waals surface area contributed by atoms with Gasteiger partial charge in [-0.15, -0.1) is 22.7 Å². The predicted molar refractivity (Wildman–Crippen MR) is 67.0 cm³/mol. The molecule has 0 bridgehead atoms. The van der Waals surface area contributed by atoms with Gasteiger partial charge in [-0.05, 0) is 19.8 Å². The number of hydrogen-bond acceptors (Lipinski definition) is 5. The fraction of sp³-hybridized carbons (Fsp3) is 0.455. The standard InChI is InChI=1S/C11H13N3S2/c1-7-6-16-11(13-7)9(14-8-2-3-8)10-12-4-5-15-10/h4-6,8-9,14H,2-3H2,1H3. The van der Waals surface area contributed by atoms with Crippen molar-refractivity contribution in [2.24, 2.45) is 0 Å². The minimum absolute atomic E-state index is 0.200. The Morgan fingerprint density at radius 2 is 2.25 bits per heavy atom. The first-order chi connectivity index (χ1) is 7.83. The van der Waals surface area contributed by atoms with Gasteiger partial charge >= 0.3 is 0 Å². The summed E-state index contributed by atoms with van der Waals surface area (Å²) in [5.41, 5.74) is 1.10. The van der Waals surface area contributed by atoms with Crippen molar-refractivity contribution in [2.45, 2.75) is 31.8 Å². The molecule has 0 amide bonds. The van der Waals surface area contributed by atoms with Crippen molar-refractivity contribution < 1.29 is 0 Å². The second kappa shape index (κ2) is 4.24. The molecular weight excluding hydrogens is 238 g/mol. The van der Waals surface area contributed by atoms with Gasteiger partial charge in [0.1, 0.15) is 16.1 Å². The Morgan fingerprint density at radius 3 is 2.81 bits per heavy atom. The van der Waals surface area contributed by atoms with Crippen molar-refractivity contribution in [2.75, 3.05) is 0 Å². The van der Waals surface area contributed by atoms with E-state index in [1.165, 1.54) is 12.8 Å². The van der Waals surface area contributed by atoms with E-state index in [-0.39, 0.29) is 6.04 Å². The molecular formula is C11H13N3S2. The van der Waals surface area contributed by atoms with Crippen molar-refractivity contribution in [3.63, 3.8) is 0 Å². The highest BCUT2D eigenvalue weighted by molar-refractivity contribution is 7.11. The molecule has 2 aromatic heterocycles. The number of hydrogen-bond donors (Lipinski definition) is 1. The lowest BCUT2D eigenvalue weighted by atomic mass is 10.3. The zero-order valence-corrected chi connectivity index (χ0v) is 10.6. The van der Waals surface area contributed by atoms with E-state index in [0.717, 1.165) is 15.7 Å². The van der Waals surface area contributed by atoms with Crippen LogP contribution in [0, 0.1) is 6.92 Å². The highest BCUT2D eigenvalue weighted by atomic mass is 32.1. The summed E-state index contributed by atoms with van der Waals surface area (Å²) in [6.45, 7) is 2.04. The van der Waals surface area contributed by atoms with E-state index in [1.807, 2.05) is 18.5 Å². The molecule has 0 spiro atoms. The molecule has 2 aromatic rings. The molecule has 84 valence electrons. The fourth-order valence-electron chi connectivity index (χ4n) is 1.62. The maximum absolute atomic E-state index is 4.57. The molecule has 0 radical (unpaired) electrons. The van der Waals surface area contributed by atoms with E-state index in [0.29, 0.717) is 6.04 Å². The zero-order chi connectivity index (χ0) is 11.0. The van der Waals surface area contributed by atoms with Crippen molar-refractivity contribution in [1.29, 1.82) is 0 Å². The van der Waals surface area contributed by atoms with Gasteiger partial charge in [-0.1, -0.05) is 0 Å². The monoisotopic (exact) mass is 251 g/mol. The topological polar surface area (TPSA) is 37.8 Å². The Bertz CT molecular complexity index is 459. The number of aryl methyl sites for hydroxylation is 1. The summed E-state index contributed by atoms with van der Waals surface area (Å²) >= 11 is 3.42. The average molecular weight is 251 g/mol. The predicted octanol–water partition coefficient (Wildman–Crippen LogP) is 2.75. The van der Waals surface area contributed by atoms with Crippen LogP contribution in [-0.2, 0) is 0 Å². The molecule has 1 aliphatic rings. The SMILES string of the molecule is Cc1csc(C(NC2CC2)c2nccs2)n1. The number of rotatable bonds is 4. The summed E-state index contributed by atoms with van der Waals surface area (Å²) in [7, 11) is 0. The van der Waals surface area contributed by atoms with E-state index in [4.69, 9.17) is 0 Å². The second-order valence-electron chi connectivity index (χ2n) is 4.07. The minimum Gasteiger partial charge on any atom is -0.299 e. The van der Waals surface area contributed by atoms with Crippen molar-refractivity contribution in [3.8, 4) is 0 Å². The maximum Gasteiger partial charge on any atom is 0.117 e. The van der Waals surface area contributed by atoms with Gasteiger partial charge in [0, 0.05) is 28.7 Å². The number of nitrogens with one attached hydrogen (secondary N) is 1. The molecule has 1 aliphatic carbocycles. The number of aromatic nitrogens is 2. The quantitative estimate of drug-likeness (QED) is 0.908. The van der Waals surface area contributed by atoms with Gasteiger partial charge in [-0.2, -0.15) is 0 Å². The van der Waals surface area contributed by atoms with Crippen LogP contribution in [0.2, 0.25) is 0 Å².